The van der Waals surface area contributed by atoms with Gasteiger partial charge in [0, 0.05) is 6.04 Å². The summed E-state index contributed by atoms with van der Waals surface area (Å²) in [6.45, 7) is 10.1. The van der Waals surface area contributed by atoms with Gasteiger partial charge in [-0.3, -0.25) is 4.79 Å². The molecule has 114 valence electrons. The lowest BCUT2D eigenvalue weighted by Gasteiger charge is -2.29. The van der Waals surface area contributed by atoms with Gasteiger partial charge >= 0.3 is 5.97 Å². The van der Waals surface area contributed by atoms with Crippen molar-refractivity contribution < 1.29 is 9.53 Å². The van der Waals surface area contributed by atoms with Crippen molar-refractivity contribution in [1.29, 1.82) is 0 Å². The number of hydrogen-bond donors (Lipinski definition) is 1. The molecule has 0 saturated carbocycles. The highest BCUT2D eigenvalue weighted by Gasteiger charge is 2.36. The third kappa shape index (κ3) is 3.97. The number of methoxy groups -OCH3 is 1. The molecular formula is C16H26ClNO2. The van der Waals surface area contributed by atoms with Crippen LogP contribution in [0.4, 0.5) is 0 Å². The largest absolute Gasteiger partial charge is 0.469 e. The summed E-state index contributed by atoms with van der Waals surface area (Å²) in [5, 5.41) is 0. The normalized spacial score (nSPS) is 13.3. The van der Waals surface area contributed by atoms with Crippen molar-refractivity contribution in [2.24, 2.45) is 11.1 Å². The molecule has 0 aliphatic rings. The molecule has 0 bridgehead atoms. The second kappa shape index (κ2) is 6.59. The Labute approximate surface area is 128 Å². The van der Waals surface area contributed by atoms with E-state index < -0.39 is 5.41 Å². The molecule has 3 nitrogen and oxygen atoms in total. The van der Waals surface area contributed by atoms with Crippen LogP contribution < -0.4 is 5.73 Å². The van der Waals surface area contributed by atoms with E-state index in [2.05, 4.69) is 32.9 Å². The average molecular weight is 300 g/mol. The van der Waals surface area contributed by atoms with E-state index >= 15 is 0 Å². The fourth-order valence-corrected chi connectivity index (χ4v) is 2.00. The van der Waals surface area contributed by atoms with Crippen LogP contribution in [0.1, 0.15) is 51.8 Å². The lowest BCUT2D eigenvalue weighted by Crippen LogP contribution is -2.37. The van der Waals surface area contributed by atoms with Crippen LogP contribution in [0.25, 0.3) is 0 Å². The quantitative estimate of drug-likeness (QED) is 0.868. The molecule has 0 spiro atoms. The van der Waals surface area contributed by atoms with Gasteiger partial charge in [-0.05, 0) is 30.4 Å². The Balaban J connectivity index is 0.00000361. The minimum absolute atomic E-state index is 0. The van der Waals surface area contributed by atoms with Crippen LogP contribution in [0.2, 0.25) is 0 Å². The summed E-state index contributed by atoms with van der Waals surface area (Å²) >= 11 is 0. The molecule has 1 atom stereocenters. The van der Waals surface area contributed by atoms with Crippen molar-refractivity contribution in [1.82, 2.24) is 0 Å². The van der Waals surface area contributed by atoms with Gasteiger partial charge in [0.2, 0.25) is 0 Å². The first-order chi connectivity index (χ1) is 8.60. The standard InChI is InChI=1S/C16H25NO2.ClH/c1-15(2,3)12-9-7-11(8-10-12)13(17)16(4,5)14(18)19-6;/h7-10,13H,17H2,1-6H3;1H/t13-;/m0./s1. The molecule has 0 fully saturated rings. The van der Waals surface area contributed by atoms with E-state index in [1.54, 1.807) is 13.8 Å². The number of halogens is 1. The summed E-state index contributed by atoms with van der Waals surface area (Å²) in [6.07, 6.45) is 0. The molecule has 1 aromatic carbocycles. The average Bonchev–Trinajstić information content (AvgIpc) is 2.35. The molecule has 0 aliphatic heterocycles. The Morgan fingerprint density at radius 3 is 1.90 bits per heavy atom. The Morgan fingerprint density at radius 2 is 1.55 bits per heavy atom. The number of carbonyl (C=O) groups is 1. The van der Waals surface area contributed by atoms with Crippen molar-refractivity contribution in [3.8, 4) is 0 Å². The van der Waals surface area contributed by atoms with E-state index in [4.69, 9.17) is 10.5 Å². The number of hydrogen-bond acceptors (Lipinski definition) is 3. The topological polar surface area (TPSA) is 52.3 Å². The van der Waals surface area contributed by atoms with E-state index in [0.29, 0.717) is 0 Å². The van der Waals surface area contributed by atoms with Gasteiger partial charge in [0.05, 0.1) is 12.5 Å². The molecule has 0 amide bonds. The van der Waals surface area contributed by atoms with Gasteiger partial charge in [0.15, 0.2) is 0 Å². The molecule has 0 heterocycles. The number of ether oxygens (including phenoxy) is 1. The molecule has 20 heavy (non-hydrogen) atoms. The van der Waals surface area contributed by atoms with Crippen LogP contribution in [0.5, 0.6) is 0 Å². The van der Waals surface area contributed by atoms with Gasteiger partial charge in [-0.1, -0.05) is 45.0 Å². The van der Waals surface area contributed by atoms with E-state index in [-0.39, 0.29) is 29.8 Å². The van der Waals surface area contributed by atoms with E-state index in [9.17, 15) is 4.79 Å². The van der Waals surface area contributed by atoms with Crippen molar-refractivity contribution in [2.45, 2.75) is 46.1 Å². The molecule has 0 aromatic heterocycles. The second-order valence-electron chi connectivity index (χ2n) is 6.56. The van der Waals surface area contributed by atoms with Gasteiger partial charge in [-0.25, -0.2) is 0 Å². The Bertz CT molecular complexity index is 447. The van der Waals surface area contributed by atoms with Crippen LogP contribution in [0.15, 0.2) is 24.3 Å². The fraction of sp³-hybridized carbons (Fsp3) is 0.562. The maximum absolute atomic E-state index is 11.8. The van der Waals surface area contributed by atoms with Crippen LogP contribution in [-0.2, 0) is 14.9 Å². The maximum atomic E-state index is 11.8. The van der Waals surface area contributed by atoms with Gasteiger partial charge in [-0.2, -0.15) is 0 Å². The maximum Gasteiger partial charge on any atom is 0.313 e. The Morgan fingerprint density at radius 1 is 1.10 bits per heavy atom. The van der Waals surface area contributed by atoms with Crippen molar-refractivity contribution in [3.05, 3.63) is 35.4 Å². The number of nitrogens with two attached hydrogens (primary N) is 1. The van der Waals surface area contributed by atoms with Gasteiger partial charge in [0.1, 0.15) is 0 Å². The zero-order valence-corrected chi connectivity index (χ0v) is 14.0. The Hall–Kier alpha value is -1.06. The van der Waals surface area contributed by atoms with Crippen LogP contribution in [0, 0.1) is 5.41 Å². The number of carbonyl (C=O) groups excluding carboxylic acids is 1. The van der Waals surface area contributed by atoms with Gasteiger partial charge < -0.3 is 10.5 Å². The van der Waals surface area contributed by atoms with Crippen LogP contribution in [0.3, 0.4) is 0 Å². The SMILES string of the molecule is COC(=O)C(C)(C)[C@@H](N)c1ccc(C(C)(C)C)cc1.Cl. The summed E-state index contributed by atoms with van der Waals surface area (Å²) in [7, 11) is 1.39. The molecule has 1 rings (SSSR count). The number of esters is 1. The van der Waals surface area contributed by atoms with E-state index in [1.807, 2.05) is 12.1 Å². The predicted octanol–water partition coefficient (Wildman–Crippen LogP) is 3.60. The van der Waals surface area contributed by atoms with Gasteiger partial charge in [-0.15, -0.1) is 12.4 Å². The van der Waals surface area contributed by atoms with Crippen molar-refractivity contribution in [3.63, 3.8) is 0 Å². The lowest BCUT2D eigenvalue weighted by atomic mass is 9.79. The lowest BCUT2D eigenvalue weighted by molar-refractivity contribution is -0.152. The predicted molar refractivity (Wildman–Crippen MR) is 85.1 cm³/mol. The fourth-order valence-electron chi connectivity index (χ4n) is 2.00. The minimum Gasteiger partial charge on any atom is -0.469 e. The molecule has 0 radical (unpaired) electrons. The molecule has 0 unspecified atom stereocenters. The number of benzene rings is 1. The van der Waals surface area contributed by atoms with E-state index in [0.717, 1.165) is 5.56 Å². The Kier molecular flexibility index (Phi) is 6.25. The third-order valence-corrected chi connectivity index (χ3v) is 3.62. The first kappa shape index (κ1) is 18.9. The molecule has 4 heteroatoms. The van der Waals surface area contributed by atoms with E-state index in [1.165, 1.54) is 12.7 Å². The molecule has 0 saturated heterocycles. The third-order valence-electron chi connectivity index (χ3n) is 3.62. The summed E-state index contributed by atoms with van der Waals surface area (Å²) < 4.78 is 4.82. The smallest absolute Gasteiger partial charge is 0.313 e. The zero-order chi connectivity index (χ0) is 14.8. The van der Waals surface area contributed by atoms with Crippen LogP contribution >= 0.6 is 12.4 Å². The molecule has 0 aliphatic carbocycles. The molecule has 1 aromatic rings. The molecular weight excluding hydrogens is 274 g/mol. The highest BCUT2D eigenvalue weighted by Crippen LogP contribution is 2.33. The summed E-state index contributed by atoms with van der Waals surface area (Å²) in [5.74, 6) is -0.292. The highest BCUT2D eigenvalue weighted by atomic mass is 35.5. The zero-order valence-electron chi connectivity index (χ0n) is 13.2. The first-order valence-corrected chi connectivity index (χ1v) is 6.55. The summed E-state index contributed by atoms with van der Waals surface area (Å²) in [5.41, 5.74) is 7.78. The monoisotopic (exact) mass is 299 g/mol. The molecule has 2 N–H and O–H groups in total. The highest BCUT2D eigenvalue weighted by molar-refractivity contribution is 5.85. The summed E-state index contributed by atoms with van der Waals surface area (Å²) in [6, 6.07) is 7.76. The van der Waals surface area contributed by atoms with Crippen molar-refractivity contribution in [2.75, 3.05) is 7.11 Å². The minimum atomic E-state index is -0.738. The van der Waals surface area contributed by atoms with Gasteiger partial charge in [0.25, 0.3) is 0 Å². The number of rotatable bonds is 3. The van der Waals surface area contributed by atoms with Crippen LogP contribution in [-0.4, -0.2) is 13.1 Å². The first-order valence-electron chi connectivity index (χ1n) is 6.55. The second-order valence-corrected chi connectivity index (χ2v) is 6.56. The summed E-state index contributed by atoms with van der Waals surface area (Å²) in [4.78, 5) is 11.8. The van der Waals surface area contributed by atoms with Crippen molar-refractivity contribution >= 4 is 18.4 Å².